The van der Waals surface area contributed by atoms with E-state index < -0.39 is 12.7 Å². The summed E-state index contributed by atoms with van der Waals surface area (Å²) in [5.41, 5.74) is 3.80. The summed E-state index contributed by atoms with van der Waals surface area (Å²) in [5, 5.41) is 0. The number of nitrogens with one attached hydrogen (secondary N) is 1. The van der Waals surface area contributed by atoms with E-state index in [1.54, 1.807) is 0 Å². The van der Waals surface area contributed by atoms with E-state index in [-0.39, 0.29) is 24.2 Å². The van der Waals surface area contributed by atoms with E-state index in [4.69, 9.17) is 0 Å². The molecule has 1 N–H and O–H groups in total. The highest BCUT2D eigenvalue weighted by molar-refractivity contribution is 6.02. The predicted molar refractivity (Wildman–Crippen MR) is 77.0 cm³/mol. The van der Waals surface area contributed by atoms with Gasteiger partial charge >= 0.3 is 6.18 Å². The number of Topliss-reactive ketones (excluding diaryl/α,β-unsaturated/α-hetero) is 1. The predicted octanol–water partition coefficient (Wildman–Crippen LogP) is 3.12. The molecule has 2 unspecified atom stereocenters. The molecule has 0 radical (unpaired) electrons. The number of alkyl halides is 3. The third-order valence-electron chi connectivity index (χ3n) is 5.04. The van der Waals surface area contributed by atoms with Gasteiger partial charge in [0.2, 0.25) is 0 Å². The third-order valence-corrected chi connectivity index (χ3v) is 5.04. The first-order valence-corrected chi connectivity index (χ1v) is 7.83. The highest BCUT2D eigenvalue weighted by Crippen LogP contribution is 2.38. The Labute approximate surface area is 127 Å². The molecular weight excluding hydrogens is 293 g/mol. The topological polar surface area (TPSA) is 36.1 Å². The molecule has 1 aromatic heterocycles. The van der Waals surface area contributed by atoms with E-state index >= 15 is 0 Å². The van der Waals surface area contributed by atoms with Crippen molar-refractivity contribution in [2.24, 2.45) is 11.8 Å². The molecular formula is C16H21F3N2O. The molecule has 1 aromatic rings. The minimum Gasteiger partial charge on any atom is -0.362 e. The van der Waals surface area contributed by atoms with E-state index in [0.717, 1.165) is 35.4 Å². The van der Waals surface area contributed by atoms with Crippen LogP contribution in [0.25, 0.3) is 0 Å². The van der Waals surface area contributed by atoms with Crippen LogP contribution in [0.15, 0.2) is 0 Å². The van der Waals surface area contributed by atoms with Gasteiger partial charge in [-0.2, -0.15) is 13.2 Å². The number of H-pyrrole nitrogens is 1. The van der Waals surface area contributed by atoms with E-state index in [9.17, 15) is 18.0 Å². The number of hydrogen-bond acceptors (Lipinski definition) is 2. The molecule has 0 amide bonds. The number of nitrogens with zero attached hydrogens (tertiary/aromatic N) is 1. The van der Waals surface area contributed by atoms with Crippen LogP contribution in [-0.4, -0.2) is 41.5 Å². The first-order valence-electron chi connectivity index (χ1n) is 7.83. The van der Waals surface area contributed by atoms with Gasteiger partial charge in [0.05, 0.1) is 6.54 Å². The summed E-state index contributed by atoms with van der Waals surface area (Å²) in [4.78, 5) is 17.5. The number of hydrogen-bond donors (Lipinski definition) is 1. The smallest absolute Gasteiger partial charge is 0.362 e. The molecule has 0 bridgehead atoms. The summed E-state index contributed by atoms with van der Waals surface area (Å²) in [6, 6.07) is 0. The van der Waals surface area contributed by atoms with Crippen molar-refractivity contribution in [3.63, 3.8) is 0 Å². The van der Waals surface area contributed by atoms with Crippen LogP contribution in [0, 0.1) is 18.8 Å². The van der Waals surface area contributed by atoms with Gasteiger partial charge in [0, 0.05) is 29.4 Å². The molecule has 3 nitrogen and oxygen atoms in total. The lowest BCUT2D eigenvalue weighted by molar-refractivity contribution is -0.150. The number of aromatic amines is 1. The third kappa shape index (κ3) is 2.69. The zero-order valence-electron chi connectivity index (χ0n) is 12.9. The molecule has 1 aliphatic heterocycles. The maximum absolute atomic E-state index is 12.8. The fourth-order valence-corrected chi connectivity index (χ4v) is 4.08. The zero-order valence-corrected chi connectivity index (χ0v) is 12.9. The van der Waals surface area contributed by atoms with Crippen molar-refractivity contribution in [1.29, 1.82) is 0 Å². The van der Waals surface area contributed by atoms with Gasteiger partial charge in [0.15, 0.2) is 5.78 Å². The Morgan fingerprint density at radius 2 is 2.09 bits per heavy atom. The number of likely N-dealkylation sites (tertiary alicyclic amines) is 1. The van der Waals surface area contributed by atoms with Gasteiger partial charge < -0.3 is 4.98 Å². The zero-order chi connectivity index (χ0) is 16.1. The molecule has 0 saturated carbocycles. The maximum Gasteiger partial charge on any atom is 0.401 e. The van der Waals surface area contributed by atoms with Crippen molar-refractivity contribution >= 4 is 5.78 Å². The quantitative estimate of drug-likeness (QED) is 0.910. The molecule has 1 fully saturated rings. The van der Waals surface area contributed by atoms with Gasteiger partial charge in [-0.15, -0.1) is 0 Å². The van der Waals surface area contributed by atoms with Crippen molar-refractivity contribution < 1.29 is 18.0 Å². The van der Waals surface area contributed by atoms with Crippen LogP contribution in [0.3, 0.4) is 0 Å². The summed E-state index contributed by atoms with van der Waals surface area (Å²) >= 11 is 0. The summed E-state index contributed by atoms with van der Waals surface area (Å²) in [6.07, 6.45) is -1.99. The van der Waals surface area contributed by atoms with Crippen molar-refractivity contribution in [2.75, 3.05) is 19.6 Å². The number of carbonyl (C=O) groups excluding carboxylic acids is 1. The number of aromatic nitrogens is 1. The van der Waals surface area contributed by atoms with Gasteiger partial charge in [-0.3, -0.25) is 9.69 Å². The summed E-state index contributed by atoms with van der Waals surface area (Å²) in [5.74, 6) is -0.0735. The summed E-state index contributed by atoms with van der Waals surface area (Å²) < 4.78 is 37.8. The van der Waals surface area contributed by atoms with Crippen LogP contribution in [0.4, 0.5) is 13.2 Å². The average Bonchev–Trinajstić information content (AvgIpc) is 2.73. The molecule has 0 aromatic carbocycles. The van der Waals surface area contributed by atoms with E-state index in [2.05, 4.69) is 4.98 Å². The number of rotatable bonds is 2. The molecule has 2 heterocycles. The number of fused-ring (bicyclic) bond motifs is 2. The number of halogens is 3. The number of carbonyl (C=O) groups is 1. The molecule has 2 aliphatic rings. The highest BCUT2D eigenvalue weighted by atomic mass is 19.4. The molecule has 3 rings (SSSR count). The van der Waals surface area contributed by atoms with E-state index in [1.807, 2.05) is 13.8 Å². The van der Waals surface area contributed by atoms with Crippen LogP contribution >= 0.6 is 0 Å². The minimum atomic E-state index is -4.20. The number of piperidine rings is 1. The van der Waals surface area contributed by atoms with Crippen molar-refractivity contribution in [1.82, 2.24) is 9.88 Å². The molecule has 1 aliphatic carbocycles. The second-order valence-electron chi connectivity index (χ2n) is 6.51. The Morgan fingerprint density at radius 1 is 1.36 bits per heavy atom. The Morgan fingerprint density at radius 3 is 2.73 bits per heavy atom. The SMILES string of the molecule is CCc1c(C)[nH]c2c1C(=O)C1CN(CC(F)(F)F)CCC1C2. The second-order valence-corrected chi connectivity index (χ2v) is 6.51. The minimum absolute atomic E-state index is 0.0410. The fraction of sp³-hybridized carbons (Fsp3) is 0.688. The van der Waals surface area contributed by atoms with Gasteiger partial charge in [0.25, 0.3) is 0 Å². The lowest BCUT2D eigenvalue weighted by Gasteiger charge is -2.40. The van der Waals surface area contributed by atoms with Crippen LogP contribution in [0.1, 0.15) is 40.7 Å². The molecule has 0 spiro atoms. The number of ketones is 1. The summed E-state index contributed by atoms with van der Waals surface area (Å²) in [6.45, 7) is 3.71. The van der Waals surface area contributed by atoms with Crippen molar-refractivity contribution in [2.45, 2.75) is 39.3 Å². The van der Waals surface area contributed by atoms with Crippen LogP contribution in [0.2, 0.25) is 0 Å². The Balaban J connectivity index is 1.85. The lowest BCUT2D eigenvalue weighted by Crippen LogP contribution is -2.49. The Hall–Kier alpha value is -1.30. The first-order chi connectivity index (χ1) is 10.3. The van der Waals surface area contributed by atoms with Gasteiger partial charge in [-0.1, -0.05) is 6.92 Å². The number of aryl methyl sites for hydroxylation is 1. The molecule has 22 heavy (non-hydrogen) atoms. The monoisotopic (exact) mass is 314 g/mol. The largest absolute Gasteiger partial charge is 0.401 e. The van der Waals surface area contributed by atoms with Gasteiger partial charge in [-0.05, 0) is 44.2 Å². The molecule has 2 atom stereocenters. The maximum atomic E-state index is 12.8. The molecule has 6 heteroatoms. The van der Waals surface area contributed by atoms with Crippen molar-refractivity contribution in [3.05, 3.63) is 22.5 Å². The van der Waals surface area contributed by atoms with Crippen LogP contribution in [0.5, 0.6) is 0 Å². The first kappa shape index (κ1) is 15.6. The highest BCUT2D eigenvalue weighted by Gasteiger charge is 2.43. The second kappa shape index (κ2) is 5.41. The molecule has 122 valence electrons. The average molecular weight is 314 g/mol. The summed E-state index contributed by atoms with van der Waals surface area (Å²) in [7, 11) is 0. The van der Waals surface area contributed by atoms with Gasteiger partial charge in [-0.25, -0.2) is 0 Å². The van der Waals surface area contributed by atoms with Crippen LogP contribution < -0.4 is 0 Å². The Bertz CT molecular complexity index is 591. The van der Waals surface area contributed by atoms with E-state index in [0.29, 0.717) is 13.0 Å². The normalized spacial score (nSPS) is 26.0. The van der Waals surface area contributed by atoms with Gasteiger partial charge in [0.1, 0.15) is 0 Å². The Kier molecular flexibility index (Phi) is 3.83. The fourth-order valence-electron chi connectivity index (χ4n) is 4.08. The van der Waals surface area contributed by atoms with Crippen LogP contribution in [-0.2, 0) is 12.8 Å². The van der Waals surface area contributed by atoms with Crippen molar-refractivity contribution in [3.8, 4) is 0 Å². The molecule has 1 saturated heterocycles. The van der Waals surface area contributed by atoms with E-state index in [1.165, 1.54) is 4.90 Å². The standard InChI is InChI=1S/C16H21F3N2O/c1-3-11-9(2)20-13-6-10-4-5-21(8-16(17,18)19)7-12(10)15(22)14(11)13/h10,12,20H,3-8H2,1-2H3. The lowest BCUT2D eigenvalue weighted by atomic mass is 9.72.